The first-order chi connectivity index (χ1) is 7.93. The predicted molar refractivity (Wildman–Crippen MR) is 65.5 cm³/mol. The lowest BCUT2D eigenvalue weighted by Gasteiger charge is -2.26. The van der Waals surface area contributed by atoms with E-state index in [4.69, 9.17) is 20.0 Å². The van der Waals surface area contributed by atoms with Gasteiger partial charge in [0.2, 0.25) is 0 Å². The molecular weight excluding hydrogens is 217 g/mol. The van der Waals surface area contributed by atoms with Crippen LogP contribution >= 0.6 is 0 Å². The zero-order chi connectivity index (χ0) is 12.9. The lowest BCUT2D eigenvalue weighted by Crippen LogP contribution is -2.30. The molecule has 0 spiro atoms. The van der Waals surface area contributed by atoms with Crippen LogP contribution in [-0.2, 0) is 0 Å². The topological polar surface area (TPSA) is 73.5 Å². The smallest absolute Gasteiger partial charge is 0.451 e. The largest absolute Gasteiger partial charge is 0.488 e. The minimum Gasteiger partial charge on any atom is -0.488 e. The van der Waals surface area contributed by atoms with Gasteiger partial charge in [-0.05, 0) is 50.9 Å². The molecule has 1 rings (SSSR count). The van der Waals surface area contributed by atoms with Crippen molar-refractivity contribution >= 4 is 7.12 Å². The predicted octanol–water partition coefficient (Wildman–Crippen LogP) is 1.58. The second kappa shape index (κ2) is 5.71. The van der Waals surface area contributed by atoms with Crippen LogP contribution in [-0.4, -0.2) is 22.8 Å². The van der Waals surface area contributed by atoms with Gasteiger partial charge in [0.1, 0.15) is 11.4 Å². The number of benzene rings is 1. The summed E-state index contributed by atoms with van der Waals surface area (Å²) < 4.78 is 5.72. The molecule has 0 aliphatic carbocycles. The molecule has 0 aliphatic heterocycles. The SMILES string of the molecule is CC(C)(CCB(O)O)Oc1ccc(C#N)cc1. The molecule has 0 atom stereocenters. The first kappa shape index (κ1) is 13.6. The number of nitriles is 1. The molecule has 0 unspecified atom stereocenters. The molecule has 0 bridgehead atoms. The third-order valence-electron chi connectivity index (χ3n) is 2.38. The maximum atomic E-state index is 8.81. The summed E-state index contributed by atoms with van der Waals surface area (Å²) in [6.07, 6.45) is 0.800. The summed E-state index contributed by atoms with van der Waals surface area (Å²) in [5.41, 5.74) is 0.110. The van der Waals surface area contributed by atoms with Gasteiger partial charge >= 0.3 is 7.12 Å². The summed E-state index contributed by atoms with van der Waals surface area (Å²) in [7, 11) is -1.31. The van der Waals surface area contributed by atoms with Gasteiger partial charge < -0.3 is 14.8 Å². The molecule has 0 heterocycles. The quantitative estimate of drug-likeness (QED) is 0.757. The molecule has 90 valence electrons. The van der Waals surface area contributed by atoms with E-state index in [1.54, 1.807) is 24.3 Å². The molecule has 0 fully saturated rings. The van der Waals surface area contributed by atoms with Gasteiger partial charge in [-0.25, -0.2) is 0 Å². The van der Waals surface area contributed by atoms with Crippen LogP contribution in [0.3, 0.4) is 0 Å². The van der Waals surface area contributed by atoms with Gasteiger partial charge in [-0.1, -0.05) is 0 Å². The first-order valence-electron chi connectivity index (χ1n) is 5.48. The average Bonchev–Trinajstić information content (AvgIpc) is 2.27. The van der Waals surface area contributed by atoms with Crippen LogP contribution in [0.2, 0.25) is 6.32 Å². The van der Waals surface area contributed by atoms with Crippen molar-refractivity contribution in [3.05, 3.63) is 29.8 Å². The maximum absolute atomic E-state index is 8.81. The maximum Gasteiger partial charge on any atom is 0.451 e. The molecule has 0 saturated heterocycles. The van der Waals surface area contributed by atoms with Crippen molar-refractivity contribution in [1.82, 2.24) is 0 Å². The van der Waals surface area contributed by atoms with Crippen LogP contribution in [0.1, 0.15) is 25.8 Å². The van der Waals surface area contributed by atoms with E-state index in [0.29, 0.717) is 17.7 Å². The Hall–Kier alpha value is -1.51. The summed E-state index contributed by atoms with van der Waals surface area (Å²) in [6, 6.07) is 8.87. The highest BCUT2D eigenvalue weighted by Crippen LogP contribution is 2.22. The summed E-state index contributed by atoms with van der Waals surface area (Å²) in [6.45, 7) is 3.77. The molecule has 0 radical (unpaired) electrons. The summed E-state index contributed by atoms with van der Waals surface area (Å²) >= 11 is 0. The third kappa shape index (κ3) is 4.90. The van der Waals surface area contributed by atoms with Gasteiger partial charge in [0, 0.05) is 0 Å². The second-order valence-corrected chi connectivity index (χ2v) is 4.52. The molecule has 0 aromatic heterocycles. The van der Waals surface area contributed by atoms with Crippen LogP contribution in [0.25, 0.3) is 0 Å². The fourth-order valence-electron chi connectivity index (χ4n) is 1.44. The van der Waals surface area contributed by atoms with E-state index in [1.807, 2.05) is 19.9 Å². The Kier molecular flexibility index (Phi) is 4.56. The molecule has 1 aromatic rings. The second-order valence-electron chi connectivity index (χ2n) is 4.52. The van der Waals surface area contributed by atoms with Crippen LogP contribution in [0.4, 0.5) is 0 Å². The van der Waals surface area contributed by atoms with Crippen LogP contribution in [0.15, 0.2) is 24.3 Å². The van der Waals surface area contributed by atoms with E-state index in [2.05, 4.69) is 0 Å². The minimum absolute atomic E-state index is 0.267. The van der Waals surface area contributed by atoms with E-state index in [1.165, 1.54) is 0 Å². The normalized spacial score (nSPS) is 10.8. The van der Waals surface area contributed by atoms with Crippen LogP contribution in [0.5, 0.6) is 5.75 Å². The molecule has 1 aromatic carbocycles. The standard InChI is InChI=1S/C12H16BNO3/c1-12(2,7-8-13(15)16)17-11-5-3-10(9-14)4-6-11/h3-6,15-16H,7-8H2,1-2H3. The summed E-state index contributed by atoms with van der Waals surface area (Å²) in [5.74, 6) is 0.668. The Balaban J connectivity index is 2.59. The van der Waals surface area contributed by atoms with Crippen LogP contribution in [0, 0.1) is 11.3 Å². The monoisotopic (exact) mass is 233 g/mol. The van der Waals surface area contributed by atoms with E-state index >= 15 is 0 Å². The molecule has 0 amide bonds. The number of rotatable bonds is 5. The lowest BCUT2D eigenvalue weighted by molar-refractivity contribution is 0.103. The molecule has 17 heavy (non-hydrogen) atoms. The van der Waals surface area contributed by atoms with E-state index in [9.17, 15) is 0 Å². The van der Waals surface area contributed by atoms with Gasteiger partial charge in [0.15, 0.2) is 0 Å². The van der Waals surface area contributed by atoms with Crippen LogP contribution < -0.4 is 4.74 Å². The molecular formula is C12H16BNO3. The molecule has 0 aliphatic rings. The molecule has 4 nitrogen and oxygen atoms in total. The fourth-order valence-corrected chi connectivity index (χ4v) is 1.44. The highest BCUT2D eigenvalue weighted by atomic mass is 16.5. The average molecular weight is 233 g/mol. The lowest BCUT2D eigenvalue weighted by atomic mass is 9.80. The number of nitrogens with zero attached hydrogens (tertiary/aromatic N) is 1. The first-order valence-corrected chi connectivity index (χ1v) is 5.48. The number of hydrogen-bond donors (Lipinski definition) is 2. The van der Waals surface area contributed by atoms with Gasteiger partial charge in [-0.3, -0.25) is 0 Å². The van der Waals surface area contributed by atoms with Gasteiger partial charge in [-0.15, -0.1) is 0 Å². The molecule has 2 N–H and O–H groups in total. The molecule has 5 heteroatoms. The van der Waals surface area contributed by atoms with Gasteiger partial charge in [-0.2, -0.15) is 5.26 Å². The highest BCUT2D eigenvalue weighted by Gasteiger charge is 2.22. The van der Waals surface area contributed by atoms with Crippen molar-refractivity contribution in [2.45, 2.75) is 32.2 Å². The number of ether oxygens (including phenoxy) is 1. The zero-order valence-corrected chi connectivity index (χ0v) is 10.1. The van der Waals surface area contributed by atoms with E-state index < -0.39 is 12.7 Å². The Morgan fingerprint density at radius 3 is 2.35 bits per heavy atom. The summed E-state index contributed by atoms with van der Waals surface area (Å²) in [5, 5.41) is 26.3. The van der Waals surface area contributed by atoms with Crippen molar-refractivity contribution in [3.8, 4) is 11.8 Å². The van der Waals surface area contributed by atoms with Crippen molar-refractivity contribution < 1.29 is 14.8 Å². The van der Waals surface area contributed by atoms with Crippen molar-refractivity contribution in [2.75, 3.05) is 0 Å². The Morgan fingerprint density at radius 1 is 1.29 bits per heavy atom. The van der Waals surface area contributed by atoms with Crippen molar-refractivity contribution in [1.29, 1.82) is 5.26 Å². The van der Waals surface area contributed by atoms with Gasteiger partial charge in [0.05, 0.1) is 11.6 Å². The van der Waals surface area contributed by atoms with Crippen molar-refractivity contribution in [2.24, 2.45) is 0 Å². The van der Waals surface area contributed by atoms with E-state index in [-0.39, 0.29) is 6.32 Å². The Bertz CT molecular complexity index is 395. The van der Waals surface area contributed by atoms with Gasteiger partial charge in [0.25, 0.3) is 0 Å². The summed E-state index contributed by atoms with van der Waals surface area (Å²) in [4.78, 5) is 0. The zero-order valence-electron chi connectivity index (χ0n) is 10.1. The molecule has 0 saturated carbocycles. The van der Waals surface area contributed by atoms with Crippen molar-refractivity contribution in [3.63, 3.8) is 0 Å². The fraction of sp³-hybridized carbons (Fsp3) is 0.417. The number of hydrogen-bond acceptors (Lipinski definition) is 4. The van der Waals surface area contributed by atoms with E-state index in [0.717, 1.165) is 0 Å². The Labute approximate surface area is 102 Å². The minimum atomic E-state index is -1.31. The Morgan fingerprint density at radius 2 is 1.88 bits per heavy atom. The third-order valence-corrected chi connectivity index (χ3v) is 2.38. The highest BCUT2D eigenvalue weighted by molar-refractivity contribution is 6.40.